The maximum atomic E-state index is 13.1. The minimum absolute atomic E-state index is 0.0320. The lowest BCUT2D eigenvalue weighted by Crippen LogP contribution is -2.37. The molecule has 1 amide bonds. The molecule has 0 aliphatic carbocycles. The predicted molar refractivity (Wildman–Crippen MR) is 135 cm³/mol. The number of piperidine rings is 1. The number of fused-ring (bicyclic) bond motifs is 1. The molecule has 9 nitrogen and oxygen atoms in total. The highest BCUT2D eigenvalue weighted by Gasteiger charge is 2.26. The van der Waals surface area contributed by atoms with E-state index in [4.69, 9.17) is 9.57 Å². The van der Waals surface area contributed by atoms with Crippen molar-refractivity contribution in [1.82, 2.24) is 4.90 Å². The lowest BCUT2D eigenvalue weighted by Gasteiger charge is -2.26. The Bertz CT molecular complexity index is 1030. The number of allylic oxidation sites excluding steroid dienone is 1. The molecule has 1 saturated heterocycles. The number of phenolic OH excluding ortho intramolecular Hbond substituents is 2. The van der Waals surface area contributed by atoms with Crippen LogP contribution in [0, 0.1) is 0 Å². The van der Waals surface area contributed by atoms with Crippen LogP contribution >= 0.6 is 0 Å². The second-order valence-electron chi connectivity index (χ2n) is 9.16. The van der Waals surface area contributed by atoms with Crippen molar-refractivity contribution in [3.05, 3.63) is 47.1 Å². The van der Waals surface area contributed by atoms with Gasteiger partial charge in [-0.2, -0.15) is 0 Å². The molecule has 1 aromatic carbocycles. The van der Waals surface area contributed by atoms with Gasteiger partial charge in [0.1, 0.15) is 23.2 Å². The number of likely N-dealkylation sites (tertiary alicyclic amines) is 1. The Labute approximate surface area is 211 Å². The molecule has 2 aliphatic rings. The number of cyclic esters (lactones) is 1. The van der Waals surface area contributed by atoms with Crippen LogP contribution in [0.4, 0.5) is 0 Å². The van der Waals surface area contributed by atoms with Gasteiger partial charge in [0, 0.05) is 32.0 Å². The van der Waals surface area contributed by atoms with E-state index >= 15 is 0 Å². The van der Waals surface area contributed by atoms with Crippen LogP contribution in [0.1, 0.15) is 67.4 Å². The minimum Gasteiger partial charge on any atom is -0.508 e. The normalized spacial score (nSPS) is 24.4. The van der Waals surface area contributed by atoms with Gasteiger partial charge < -0.3 is 29.8 Å². The second kappa shape index (κ2) is 13.1. The Morgan fingerprint density at radius 1 is 1.17 bits per heavy atom. The molecule has 2 heterocycles. The SMILES string of the molecule is CCc1c(O)cc(O)c2c1CC(=N/OCC(=O)N1CCCCC1)/C=C/C[C@H](O)/C=C/C[C@@H](C)OC2=O. The predicted octanol–water partition coefficient (Wildman–Crippen LogP) is 3.40. The van der Waals surface area contributed by atoms with E-state index in [1.54, 1.807) is 36.1 Å². The van der Waals surface area contributed by atoms with Gasteiger partial charge in [0.2, 0.25) is 0 Å². The molecule has 3 N–H and O–H groups in total. The monoisotopic (exact) mass is 500 g/mol. The molecule has 0 bridgehead atoms. The van der Waals surface area contributed by atoms with Gasteiger partial charge in [-0.25, -0.2) is 4.79 Å². The molecular formula is C27H36N2O7. The number of benzene rings is 1. The minimum atomic E-state index is -0.735. The molecular weight excluding hydrogens is 464 g/mol. The molecule has 196 valence electrons. The molecule has 0 saturated carbocycles. The van der Waals surface area contributed by atoms with Crippen molar-refractivity contribution >= 4 is 17.6 Å². The standard InChI is InChI=1S/C27H36N2O7/c1-3-21-22-15-19(28-35-17-25(33)29-13-5-4-6-14-29)10-8-12-20(30)11-7-9-18(2)36-27(34)26(22)24(32)16-23(21)31/h7-8,10-11,16,18,20,30-32H,3-6,9,12-15,17H2,1-2H3/b10-8+,11-7+,28-19+/t18-,20-/m1/s1. The number of hydrogen-bond donors (Lipinski definition) is 3. The number of amides is 1. The molecule has 2 aliphatic heterocycles. The van der Waals surface area contributed by atoms with Crippen molar-refractivity contribution in [3.8, 4) is 11.5 Å². The number of rotatable bonds is 4. The Morgan fingerprint density at radius 2 is 1.92 bits per heavy atom. The number of esters is 1. The summed E-state index contributed by atoms with van der Waals surface area (Å²) >= 11 is 0. The smallest absolute Gasteiger partial charge is 0.342 e. The summed E-state index contributed by atoms with van der Waals surface area (Å²) in [6.45, 7) is 4.74. The highest BCUT2D eigenvalue weighted by Crippen LogP contribution is 2.34. The number of aliphatic hydroxyl groups excluding tert-OH is 1. The van der Waals surface area contributed by atoms with E-state index in [-0.39, 0.29) is 36.0 Å². The zero-order valence-electron chi connectivity index (χ0n) is 21.0. The maximum absolute atomic E-state index is 13.1. The number of nitrogens with zero attached hydrogens (tertiary/aromatic N) is 2. The van der Waals surface area contributed by atoms with Crippen molar-refractivity contribution < 1.29 is 34.5 Å². The summed E-state index contributed by atoms with van der Waals surface area (Å²) in [7, 11) is 0. The van der Waals surface area contributed by atoms with Gasteiger partial charge in [-0.15, -0.1) is 0 Å². The van der Waals surface area contributed by atoms with E-state index in [9.17, 15) is 24.9 Å². The lowest BCUT2D eigenvalue weighted by atomic mass is 9.92. The lowest BCUT2D eigenvalue weighted by molar-refractivity contribution is -0.137. The average Bonchev–Trinajstić information content (AvgIpc) is 2.83. The van der Waals surface area contributed by atoms with Gasteiger partial charge in [-0.3, -0.25) is 4.79 Å². The van der Waals surface area contributed by atoms with Gasteiger partial charge in [0.25, 0.3) is 5.91 Å². The van der Waals surface area contributed by atoms with Crippen molar-refractivity contribution in [1.29, 1.82) is 0 Å². The Hall–Kier alpha value is -3.33. The van der Waals surface area contributed by atoms with Gasteiger partial charge in [-0.1, -0.05) is 30.3 Å². The van der Waals surface area contributed by atoms with Crippen LogP contribution in [-0.4, -0.2) is 69.7 Å². The van der Waals surface area contributed by atoms with E-state index < -0.39 is 18.2 Å². The van der Waals surface area contributed by atoms with Gasteiger partial charge in [0.05, 0.1) is 11.8 Å². The van der Waals surface area contributed by atoms with Crippen LogP contribution in [0.15, 0.2) is 35.5 Å². The van der Waals surface area contributed by atoms with E-state index in [0.717, 1.165) is 25.3 Å². The maximum Gasteiger partial charge on any atom is 0.342 e. The van der Waals surface area contributed by atoms with Crippen LogP contribution < -0.4 is 0 Å². The van der Waals surface area contributed by atoms with E-state index in [1.807, 2.05) is 6.92 Å². The van der Waals surface area contributed by atoms with E-state index in [2.05, 4.69) is 5.16 Å². The quantitative estimate of drug-likeness (QED) is 0.328. The summed E-state index contributed by atoms with van der Waals surface area (Å²) in [5.41, 5.74) is 1.17. The second-order valence-corrected chi connectivity index (χ2v) is 9.16. The first-order valence-electron chi connectivity index (χ1n) is 12.6. The highest BCUT2D eigenvalue weighted by molar-refractivity contribution is 6.01. The summed E-state index contributed by atoms with van der Waals surface area (Å²) in [5, 5.41) is 35.4. The topological polar surface area (TPSA) is 129 Å². The fraction of sp³-hybridized carbons (Fsp3) is 0.519. The third-order valence-corrected chi connectivity index (χ3v) is 6.32. The molecule has 0 unspecified atom stereocenters. The molecule has 0 spiro atoms. The van der Waals surface area contributed by atoms with Crippen molar-refractivity contribution in [3.63, 3.8) is 0 Å². The molecule has 1 fully saturated rings. The molecule has 3 rings (SSSR count). The van der Waals surface area contributed by atoms with Crippen LogP contribution in [0.2, 0.25) is 0 Å². The Kier molecular flexibility index (Phi) is 9.93. The average molecular weight is 501 g/mol. The number of carbonyl (C=O) groups is 2. The Morgan fingerprint density at radius 3 is 2.64 bits per heavy atom. The molecule has 36 heavy (non-hydrogen) atoms. The van der Waals surface area contributed by atoms with Crippen LogP contribution in [0.25, 0.3) is 0 Å². The van der Waals surface area contributed by atoms with Crippen molar-refractivity contribution in [2.45, 2.75) is 71.0 Å². The molecule has 9 heteroatoms. The third kappa shape index (κ3) is 7.34. The van der Waals surface area contributed by atoms with E-state index in [0.29, 0.717) is 49.2 Å². The summed E-state index contributed by atoms with van der Waals surface area (Å²) in [6, 6.07) is 1.14. The first kappa shape index (κ1) is 27.3. The number of carbonyl (C=O) groups excluding carboxylic acids is 2. The first-order chi connectivity index (χ1) is 17.3. The fourth-order valence-electron chi connectivity index (χ4n) is 4.41. The van der Waals surface area contributed by atoms with Gasteiger partial charge in [0.15, 0.2) is 6.61 Å². The molecule has 2 atom stereocenters. The number of oxime groups is 1. The number of hydrogen-bond acceptors (Lipinski definition) is 8. The molecule has 0 radical (unpaired) electrons. The van der Waals surface area contributed by atoms with Crippen LogP contribution in [0.5, 0.6) is 11.5 Å². The molecule has 1 aromatic rings. The number of ether oxygens (including phenoxy) is 1. The summed E-state index contributed by atoms with van der Waals surface area (Å²) < 4.78 is 5.54. The fourth-order valence-corrected chi connectivity index (χ4v) is 4.41. The van der Waals surface area contributed by atoms with Gasteiger partial charge in [-0.05, 0) is 56.2 Å². The largest absolute Gasteiger partial charge is 0.508 e. The first-order valence-corrected chi connectivity index (χ1v) is 12.6. The highest BCUT2D eigenvalue weighted by atomic mass is 16.6. The van der Waals surface area contributed by atoms with E-state index in [1.165, 1.54) is 0 Å². The van der Waals surface area contributed by atoms with Gasteiger partial charge >= 0.3 is 5.97 Å². The van der Waals surface area contributed by atoms with Crippen molar-refractivity contribution in [2.24, 2.45) is 5.16 Å². The summed E-state index contributed by atoms with van der Waals surface area (Å²) in [4.78, 5) is 32.7. The third-order valence-electron chi connectivity index (χ3n) is 6.32. The number of aliphatic hydroxyl groups is 1. The zero-order chi connectivity index (χ0) is 26.1. The van der Waals surface area contributed by atoms with Crippen molar-refractivity contribution in [2.75, 3.05) is 19.7 Å². The van der Waals surface area contributed by atoms with Crippen LogP contribution in [0.3, 0.4) is 0 Å². The zero-order valence-corrected chi connectivity index (χ0v) is 21.0. The molecule has 0 aromatic heterocycles. The van der Waals surface area contributed by atoms with Crippen LogP contribution in [-0.2, 0) is 27.2 Å². The Balaban J connectivity index is 1.95. The number of aromatic hydroxyl groups is 2. The summed E-state index contributed by atoms with van der Waals surface area (Å²) in [6.07, 6.45) is 9.69. The summed E-state index contributed by atoms with van der Waals surface area (Å²) in [5.74, 6) is -1.40. The number of phenols is 2.